The fraction of sp³-hybridized carbons (Fsp3) is 0.538. The van der Waals surface area contributed by atoms with E-state index in [-0.39, 0.29) is 5.82 Å². The Morgan fingerprint density at radius 1 is 1.41 bits per heavy atom. The third-order valence-electron chi connectivity index (χ3n) is 3.09. The Hall–Kier alpha value is -1.29. The zero-order chi connectivity index (χ0) is 12.1. The number of halogens is 1. The summed E-state index contributed by atoms with van der Waals surface area (Å²) in [5.74, 6) is 0.897. The van der Waals surface area contributed by atoms with Crippen molar-refractivity contribution in [3.63, 3.8) is 0 Å². The molecule has 94 valence electrons. The molecule has 0 radical (unpaired) electrons. The second kappa shape index (κ2) is 5.87. The van der Waals surface area contributed by atoms with Crippen LogP contribution in [-0.4, -0.2) is 26.9 Å². The summed E-state index contributed by atoms with van der Waals surface area (Å²) in [6.07, 6.45) is 2.16. The van der Waals surface area contributed by atoms with E-state index in [1.54, 1.807) is 13.2 Å². The van der Waals surface area contributed by atoms with Gasteiger partial charge < -0.3 is 14.8 Å². The average molecular weight is 239 g/mol. The number of ether oxygens (including phenoxy) is 2. The van der Waals surface area contributed by atoms with Crippen molar-refractivity contribution < 1.29 is 13.9 Å². The molecule has 1 aliphatic heterocycles. The number of hydrogen-bond donors (Lipinski definition) is 1. The first-order valence-corrected chi connectivity index (χ1v) is 5.95. The van der Waals surface area contributed by atoms with E-state index in [1.165, 1.54) is 12.1 Å². The van der Waals surface area contributed by atoms with Crippen LogP contribution in [-0.2, 0) is 4.74 Å². The molecule has 0 aromatic heterocycles. The Kier molecular flexibility index (Phi) is 4.20. The van der Waals surface area contributed by atoms with Crippen LogP contribution in [0.25, 0.3) is 0 Å². The minimum atomic E-state index is -0.279. The van der Waals surface area contributed by atoms with Gasteiger partial charge in [-0.15, -0.1) is 0 Å². The summed E-state index contributed by atoms with van der Waals surface area (Å²) in [4.78, 5) is 0. The van der Waals surface area contributed by atoms with E-state index in [0.717, 1.165) is 38.3 Å². The van der Waals surface area contributed by atoms with Gasteiger partial charge in [-0.1, -0.05) is 0 Å². The fourth-order valence-electron chi connectivity index (χ4n) is 2.02. The van der Waals surface area contributed by atoms with Gasteiger partial charge in [0, 0.05) is 25.8 Å². The molecule has 4 heteroatoms. The Labute approximate surface area is 101 Å². The van der Waals surface area contributed by atoms with E-state index < -0.39 is 0 Å². The van der Waals surface area contributed by atoms with E-state index in [1.807, 2.05) is 0 Å². The van der Waals surface area contributed by atoms with Crippen molar-refractivity contribution in [3.8, 4) is 5.75 Å². The third-order valence-corrected chi connectivity index (χ3v) is 3.09. The molecule has 1 aromatic carbocycles. The number of methoxy groups -OCH3 is 1. The van der Waals surface area contributed by atoms with Gasteiger partial charge in [0.25, 0.3) is 0 Å². The fourth-order valence-corrected chi connectivity index (χ4v) is 2.02. The monoisotopic (exact) mass is 239 g/mol. The highest BCUT2D eigenvalue weighted by molar-refractivity contribution is 5.56. The van der Waals surface area contributed by atoms with E-state index in [9.17, 15) is 4.39 Å². The Morgan fingerprint density at radius 2 is 2.18 bits per heavy atom. The molecule has 0 saturated carbocycles. The van der Waals surface area contributed by atoms with Crippen LogP contribution in [0, 0.1) is 11.7 Å². The van der Waals surface area contributed by atoms with Crippen molar-refractivity contribution in [1.82, 2.24) is 0 Å². The van der Waals surface area contributed by atoms with E-state index in [2.05, 4.69) is 5.32 Å². The number of rotatable bonds is 4. The molecule has 1 aliphatic rings. The summed E-state index contributed by atoms with van der Waals surface area (Å²) in [5, 5.41) is 3.31. The SMILES string of the molecule is COc1cc(F)ccc1NCC1CCOCC1. The quantitative estimate of drug-likeness (QED) is 0.876. The Morgan fingerprint density at radius 3 is 2.88 bits per heavy atom. The first-order chi connectivity index (χ1) is 8.29. The predicted molar refractivity (Wildman–Crippen MR) is 65.0 cm³/mol. The molecule has 1 fully saturated rings. The molecule has 0 aliphatic carbocycles. The first kappa shape index (κ1) is 12.2. The van der Waals surface area contributed by atoms with Gasteiger partial charge in [0.15, 0.2) is 0 Å². The Balaban J connectivity index is 1.93. The first-order valence-electron chi connectivity index (χ1n) is 5.95. The molecule has 2 rings (SSSR count). The highest BCUT2D eigenvalue weighted by Crippen LogP contribution is 2.26. The van der Waals surface area contributed by atoms with E-state index in [4.69, 9.17) is 9.47 Å². The van der Waals surface area contributed by atoms with Crippen molar-refractivity contribution in [3.05, 3.63) is 24.0 Å². The molecule has 1 aromatic rings. The summed E-state index contributed by atoms with van der Waals surface area (Å²) < 4.78 is 23.5. The zero-order valence-corrected chi connectivity index (χ0v) is 10.0. The highest BCUT2D eigenvalue weighted by atomic mass is 19.1. The van der Waals surface area contributed by atoms with E-state index in [0.29, 0.717) is 11.7 Å². The van der Waals surface area contributed by atoms with Gasteiger partial charge in [0.1, 0.15) is 11.6 Å². The standard InChI is InChI=1S/C13H18FNO2/c1-16-13-8-11(14)2-3-12(13)15-9-10-4-6-17-7-5-10/h2-3,8,10,15H,4-7,9H2,1H3. The van der Waals surface area contributed by atoms with Gasteiger partial charge in [-0.05, 0) is 30.9 Å². The number of nitrogens with one attached hydrogen (secondary N) is 1. The van der Waals surface area contributed by atoms with Gasteiger partial charge in [-0.3, -0.25) is 0 Å². The maximum Gasteiger partial charge on any atom is 0.144 e. The molecule has 17 heavy (non-hydrogen) atoms. The van der Waals surface area contributed by atoms with Gasteiger partial charge in [0.2, 0.25) is 0 Å². The molecule has 0 amide bonds. The lowest BCUT2D eigenvalue weighted by molar-refractivity contribution is 0.0699. The van der Waals surface area contributed by atoms with Crippen molar-refractivity contribution in [1.29, 1.82) is 0 Å². The van der Waals surface area contributed by atoms with Crippen molar-refractivity contribution >= 4 is 5.69 Å². The van der Waals surface area contributed by atoms with Crippen LogP contribution in [0.4, 0.5) is 10.1 Å². The van der Waals surface area contributed by atoms with Gasteiger partial charge in [0.05, 0.1) is 12.8 Å². The van der Waals surface area contributed by atoms with Crippen molar-refractivity contribution in [2.75, 3.05) is 32.2 Å². The van der Waals surface area contributed by atoms with Crippen LogP contribution < -0.4 is 10.1 Å². The van der Waals surface area contributed by atoms with Crippen LogP contribution >= 0.6 is 0 Å². The molecule has 0 unspecified atom stereocenters. The molecule has 1 saturated heterocycles. The van der Waals surface area contributed by atoms with E-state index >= 15 is 0 Å². The molecular weight excluding hydrogens is 221 g/mol. The zero-order valence-electron chi connectivity index (χ0n) is 10.0. The summed E-state index contributed by atoms with van der Waals surface area (Å²) in [6, 6.07) is 4.55. The molecular formula is C13H18FNO2. The minimum absolute atomic E-state index is 0.279. The second-order valence-electron chi connectivity index (χ2n) is 4.28. The lowest BCUT2D eigenvalue weighted by Gasteiger charge is -2.23. The molecule has 0 atom stereocenters. The van der Waals surface area contributed by atoms with Crippen molar-refractivity contribution in [2.24, 2.45) is 5.92 Å². The van der Waals surface area contributed by atoms with Crippen LogP contribution in [0.15, 0.2) is 18.2 Å². The van der Waals surface area contributed by atoms with Crippen LogP contribution in [0.1, 0.15) is 12.8 Å². The third kappa shape index (κ3) is 3.33. The van der Waals surface area contributed by atoms with Crippen LogP contribution in [0.3, 0.4) is 0 Å². The smallest absolute Gasteiger partial charge is 0.144 e. The highest BCUT2D eigenvalue weighted by Gasteiger charge is 2.14. The Bertz CT molecular complexity index is 364. The summed E-state index contributed by atoms with van der Waals surface area (Å²) in [6.45, 7) is 2.56. The normalized spacial score (nSPS) is 16.8. The van der Waals surface area contributed by atoms with Crippen molar-refractivity contribution in [2.45, 2.75) is 12.8 Å². The number of anilines is 1. The minimum Gasteiger partial charge on any atom is -0.494 e. The van der Waals surface area contributed by atoms with Gasteiger partial charge >= 0.3 is 0 Å². The lowest BCUT2D eigenvalue weighted by Crippen LogP contribution is -2.22. The summed E-state index contributed by atoms with van der Waals surface area (Å²) in [5.41, 5.74) is 0.848. The molecule has 1 heterocycles. The predicted octanol–water partition coefficient (Wildman–Crippen LogP) is 2.67. The van der Waals surface area contributed by atoms with Gasteiger partial charge in [-0.25, -0.2) is 4.39 Å². The summed E-state index contributed by atoms with van der Waals surface area (Å²) >= 11 is 0. The number of benzene rings is 1. The van der Waals surface area contributed by atoms with Crippen LogP contribution in [0.2, 0.25) is 0 Å². The van der Waals surface area contributed by atoms with Crippen LogP contribution in [0.5, 0.6) is 5.75 Å². The molecule has 1 N–H and O–H groups in total. The summed E-state index contributed by atoms with van der Waals surface area (Å²) in [7, 11) is 1.55. The lowest BCUT2D eigenvalue weighted by atomic mass is 10.0. The topological polar surface area (TPSA) is 30.5 Å². The average Bonchev–Trinajstić information content (AvgIpc) is 2.38. The maximum atomic E-state index is 13.0. The number of hydrogen-bond acceptors (Lipinski definition) is 3. The maximum absolute atomic E-state index is 13.0. The van der Waals surface area contributed by atoms with Gasteiger partial charge in [-0.2, -0.15) is 0 Å². The molecule has 0 spiro atoms. The largest absolute Gasteiger partial charge is 0.494 e. The molecule has 3 nitrogen and oxygen atoms in total. The second-order valence-corrected chi connectivity index (χ2v) is 4.28. The molecule has 0 bridgehead atoms.